The van der Waals surface area contributed by atoms with Crippen LogP contribution in [0.3, 0.4) is 0 Å². The molecule has 0 aliphatic carbocycles. The smallest absolute Gasteiger partial charge is 0.338 e. The molecule has 0 saturated heterocycles. The molecule has 0 bridgehead atoms. The molecule has 0 aliphatic rings. The molecular formula is C21H25NO4. The summed E-state index contributed by atoms with van der Waals surface area (Å²) in [4.78, 5) is 25.8. The van der Waals surface area contributed by atoms with Crippen LogP contribution in [0.25, 0.3) is 0 Å². The van der Waals surface area contributed by atoms with E-state index in [1.165, 1.54) is 7.11 Å². The molecular weight excluding hydrogens is 330 g/mol. The van der Waals surface area contributed by atoms with Crippen LogP contribution in [0.4, 0.5) is 5.69 Å². The first-order chi connectivity index (χ1) is 12.7. The number of carbonyl (C=O) groups is 2. The summed E-state index contributed by atoms with van der Waals surface area (Å²) in [6, 6.07) is 16.4. The van der Waals surface area contributed by atoms with Crippen molar-refractivity contribution in [2.45, 2.75) is 19.8 Å². The lowest BCUT2D eigenvalue weighted by Crippen LogP contribution is -2.29. The van der Waals surface area contributed by atoms with E-state index in [2.05, 4.69) is 28.7 Å². The Bertz CT molecular complexity index is 698. The predicted octanol–water partition coefficient (Wildman–Crippen LogP) is 3.94. The third kappa shape index (κ3) is 5.62. The average Bonchev–Trinajstić information content (AvgIpc) is 2.70. The van der Waals surface area contributed by atoms with Crippen molar-refractivity contribution in [1.29, 1.82) is 0 Å². The molecule has 0 aliphatic heterocycles. The SMILES string of the molecule is CCCCN(CCOC(=O)c1ccc(C(=O)OC)cc1)c1ccccc1. The number of benzene rings is 2. The van der Waals surface area contributed by atoms with Crippen LogP contribution in [0.2, 0.25) is 0 Å². The zero-order valence-corrected chi connectivity index (χ0v) is 15.3. The van der Waals surface area contributed by atoms with Crippen LogP contribution < -0.4 is 4.90 Å². The molecule has 26 heavy (non-hydrogen) atoms. The Morgan fingerprint density at radius 2 is 1.50 bits per heavy atom. The molecule has 0 amide bonds. The Morgan fingerprint density at radius 3 is 2.08 bits per heavy atom. The number of carbonyl (C=O) groups excluding carboxylic acids is 2. The van der Waals surface area contributed by atoms with E-state index in [9.17, 15) is 9.59 Å². The summed E-state index contributed by atoms with van der Waals surface area (Å²) in [5.41, 5.74) is 1.94. The van der Waals surface area contributed by atoms with E-state index < -0.39 is 11.9 Å². The fourth-order valence-electron chi connectivity index (χ4n) is 2.55. The zero-order valence-electron chi connectivity index (χ0n) is 15.3. The van der Waals surface area contributed by atoms with Crippen LogP contribution in [-0.4, -0.2) is 38.7 Å². The second-order valence-electron chi connectivity index (χ2n) is 5.88. The van der Waals surface area contributed by atoms with Gasteiger partial charge in [0, 0.05) is 12.2 Å². The summed E-state index contributed by atoms with van der Waals surface area (Å²) < 4.78 is 10.0. The standard InChI is InChI=1S/C21H25NO4/c1-3-4-14-22(19-8-6-5-7-9-19)15-16-26-21(24)18-12-10-17(11-13-18)20(23)25-2/h5-13H,3-4,14-16H2,1-2H3. The summed E-state index contributed by atoms with van der Waals surface area (Å²) in [6.07, 6.45) is 2.19. The number of unbranched alkanes of at least 4 members (excludes halogenated alkanes) is 1. The van der Waals surface area contributed by atoms with Crippen molar-refractivity contribution in [3.8, 4) is 0 Å². The summed E-state index contributed by atoms with van der Waals surface area (Å²) >= 11 is 0. The third-order valence-electron chi connectivity index (χ3n) is 4.04. The van der Waals surface area contributed by atoms with Gasteiger partial charge >= 0.3 is 11.9 Å². The van der Waals surface area contributed by atoms with E-state index in [0.29, 0.717) is 24.3 Å². The van der Waals surface area contributed by atoms with Crippen LogP contribution in [0.15, 0.2) is 54.6 Å². The monoisotopic (exact) mass is 355 g/mol. The van der Waals surface area contributed by atoms with Crippen molar-refractivity contribution >= 4 is 17.6 Å². The van der Waals surface area contributed by atoms with Gasteiger partial charge in [0.1, 0.15) is 6.61 Å². The minimum atomic E-state index is -0.431. The van der Waals surface area contributed by atoms with E-state index in [0.717, 1.165) is 25.1 Å². The fraction of sp³-hybridized carbons (Fsp3) is 0.333. The van der Waals surface area contributed by atoms with Crippen molar-refractivity contribution < 1.29 is 19.1 Å². The molecule has 0 heterocycles. The first-order valence-corrected chi connectivity index (χ1v) is 8.81. The van der Waals surface area contributed by atoms with Gasteiger partial charge in [-0.15, -0.1) is 0 Å². The molecule has 138 valence electrons. The minimum Gasteiger partial charge on any atom is -0.465 e. The van der Waals surface area contributed by atoms with Gasteiger partial charge in [-0.05, 0) is 42.8 Å². The molecule has 2 aromatic rings. The molecule has 0 spiro atoms. The summed E-state index contributed by atoms with van der Waals surface area (Å²) in [5.74, 6) is -0.829. The van der Waals surface area contributed by atoms with Crippen LogP contribution >= 0.6 is 0 Å². The zero-order chi connectivity index (χ0) is 18.8. The Morgan fingerprint density at radius 1 is 0.885 bits per heavy atom. The molecule has 0 fully saturated rings. The third-order valence-corrected chi connectivity index (χ3v) is 4.04. The molecule has 2 aromatic carbocycles. The first-order valence-electron chi connectivity index (χ1n) is 8.81. The lowest BCUT2D eigenvalue weighted by atomic mass is 10.1. The minimum absolute atomic E-state index is 0.302. The molecule has 0 saturated carbocycles. The van der Waals surface area contributed by atoms with E-state index in [1.54, 1.807) is 24.3 Å². The molecule has 2 rings (SSSR count). The Kier molecular flexibility index (Phi) is 7.68. The number of anilines is 1. The Hall–Kier alpha value is -2.82. The van der Waals surface area contributed by atoms with Gasteiger partial charge in [-0.3, -0.25) is 0 Å². The van der Waals surface area contributed by atoms with Gasteiger partial charge in [-0.1, -0.05) is 31.5 Å². The van der Waals surface area contributed by atoms with Crippen molar-refractivity contribution in [2.24, 2.45) is 0 Å². The Labute approximate surface area is 154 Å². The van der Waals surface area contributed by atoms with Crippen molar-refractivity contribution in [3.63, 3.8) is 0 Å². The van der Waals surface area contributed by atoms with E-state index in [4.69, 9.17) is 4.74 Å². The number of nitrogens with zero attached hydrogens (tertiary/aromatic N) is 1. The highest BCUT2D eigenvalue weighted by Gasteiger charge is 2.11. The second kappa shape index (κ2) is 10.2. The fourth-order valence-corrected chi connectivity index (χ4v) is 2.55. The van der Waals surface area contributed by atoms with Gasteiger partial charge in [0.25, 0.3) is 0 Å². The van der Waals surface area contributed by atoms with Gasteiger partial charge in [-0.2, -0.15) is 0 Å². The molecule has 5 nitrogen and oxygen atoms in total. The van der Waals surface area contributed by atoms with E-state index >= 15 is 0 Å². The summed E-state index contributed by atoms with van der Waals surface area (Å²) in [6.45, 7) is 4.01. The number of para-hydroxylation sites is 1. The maximum atomic E-state index is 12.2. The number of hydrogen-bond donors (Lipinski definition) is 0. The second-order valence-corrected chi connectivity index (χ2v) is 5.88. The van der Waals surface area contributed by atoms with Gasteiger partial charge in [0.05, 0.1) is 24.8 Å². The van der Waals surface area contributed by atoms with Gasteiger partial charge in [0.15, 0.2) is 0 Å². The Balaban J connectivity index is 1.89. The average molecular weight is 355 g/mol. The molecule has 0 radical (unpaired) electrons. The summed E-state index contributed by atoms with van der Waals surface area (Å²) in [7, 11) is 1.32. The van der Waals surface area contributed by atoms with Crippen LogP contribution in [0.5, 0.6) is 0 Å². The highest BCUT2D eigenvalue weighted by atomic mass is 16.5. The van der Waals surface area contributed by atoms with Crippen molar-refractivity contribution in [3.05, 3.63) is 65.7 Å². The van der Waals surface area contributed by atoms with E-state index in [1.807, 2.05) is 18.2 Å². The molecule has 0 N–H and O–H groups in total. The van der Waals surface area contributed by atoms with Crippen molar-refractivity contribution in [2.75, 3.05) is 31.7 Å². The molecule has 0 atom stereocenters. The molecule has 0 aromatic heterocycles. The number of esters is 2. The largest absolute Gasteiger partial charge is 0.465 e. The highest BCUT2D eigenvalue weighted by molar-refractivity contribution is 5.93. The van der Waals surface area contributed by atoms with E-state index in [-0.39, 0.29) is 0 Å². The lowest BCUT2D eigenvalue weighted by molar-refractivity contribution is 0.0512. The maximum Gasteiger partial charge on any atom is 0.338 e. The van der Waals surface area contributed by atoms with Gasteiger partial charge in [0.2, 0.25) is 0 Å². The molecule has 0 unspecified atom stereocenters. The number of methoxy groups -OCH3 is 1. The predicted molar refractivity (Wildman–Crippen MR) is 102 cm³/mol. The maximum absolute atomic E-state index is 12.2. The first kappa shape index (κ1) is 19.5. The molecule has 5 heteroatoms. The van der Waals surface area contributed by atoms with Gasteiger partial charge in [-0.25, -0.2) is 9.59 Å². The lowest BCUT2D eigenvalue weighted by Gasteiger charge is -2.24. The van der Waals surface area contributed by atoms with Crippen LogP contribution in [0.1, 0.15) is 40.5 Å². The summed E-state index contributed by atoms with van der Waals surface area (Å²) in [5, 5.41) is 0. The van der Waals surface area contributed by atoms with Crippen LogP contribution in [-0.2, 0) is 9.47 Å². The van der Waals surface area contributed by atoms with Crippen molar-refractivity contribution in [1.82, 2.24) is 0 Å². The number of hydrogen-bond acceptors (Lipinski definition) is 5. The highest BCUT2D eigenvalue weighted by Crippen LogP contribution is 2.14. The van der Waals surface area contributed by atoms with Gasteiger partial charge < -0.3 is 14.4 Å². The number of rotatable bonds is 9. The quantitative estimate of drug-likeness (QED) is 0.638. The number of ether oxygens (including phenoxy) is 2. The normalized spacial score (nSPS) is 10.2. The van der Waals surface area contributed by atoms with Crippen LogP contribution in [0, 0.1) is 0 Å². The topological polar surface area (TPSA) is 55.8 Å².